The van der Waals surface area contributed by atoms with E-state index < -0.39 is 9.84 Å². The van der Waals surface area contributed by atoms with E-state index in [1.54, 1.807) is 12.1 Å². The van der Waals surface area contributed by atoms with Crippen LogP contribution in [0, 0.1) is 6.92 Å². The van der Waals surface area contributed by atoms with Gasteiger partial charge in [-0.1, -0.05) is 71.3 Å². The standard InChI is InChI=1S/C21H24INO2S/c1-17-10-12-19(13-11-17)26(24,25)21-16-18-8-4-5-9-20(18)23(21)15-7-3-2-6-14-22/h4-5,8-13,16H,2-3,6-7,14-15H2,1H3. The van der Waals surface area contributed by atoms with Crippen molar-refractivity contribution in [2.75, 3.05) is 4.43 Å². The van der Waals surface area contributed by atoms with Crippen molar-refractivity contribution >= 4 is 43.3 Å². The molecule has 3 rings (SSSR count). The number of sulfone groups is 1. The number of rotatable bonds is 8. The summed E-state index contributed by atoms with van der Waals surface area (Å²) in [5.74, 6) is 0. The molecule has 5 heteroatoms. The molecular weight excluding hydrogens is 457 g/mol. The monoisotopic (exact) mass is 481 g/mol. The van der Waals surface area contributed by atoms with Gasteiger partial charge in [-0.15, -0.1) is 0 Å². The first-order chi connectivity index (χ1) is 12.5. The molecule has 138 valence electrons. The molecule has 3 nitrogen and oxygen atoms in total. The molecule has 0 saturated heterocycles. The zero-order valence-electron chi connectivity index (χ0n) is 15.0. The van der Waals surface area contributed by atoms with E-state index in [9.17, 15) is 8.42 Å². The van der Waals surface area contributed by atoms with Gasteiger partial charge in [0.15, 0.2) is 0 Å². The minimum atomic E-state index is -3.53. The lowest BCUT2D eigenvalue weighted by Gasteiger charge is -2.12. The Kier molecular flexibility index (Phi) is 6.40. The van der Waals surface area contributed by atoms with Gasteiger partial charge in [-0.2, -0.15) is 0 Å². The average molecular weight is 481 g/mol. The zero-order valence-corrected chi connectivity index (χ0v) is 18.0. The first-order valence-electron chi connectivity index (χ1n) is 9.00. The van der Waals surface area contributed by atoms with Crippen molar-refractivity contribution in [2.24, 2.45) is 0 Å². The van der Waals surface area contributed by atoms with E-state index in [1.165, 1.54) is 17.3 Å². The molecule has 0 amide bonds. The number of hydrogen-bond acceptors (Lipinski definition) is 2. The molecule has 0 aliphatic rings. The van der Waals surface area contributed by atoms with Crippen LogP contribution in [0.2, 0.25) is 0 Å². The van der Waals surface area contributed by atoms with E-state index in [2.05, 4.69) is 22.6 Å². The first-order valence-corrected chi connectivity index (χ1v) is 12.0. The van der Waals surface area contributed by atoms with E-state index in [1.807, 2.05) is 54.0 Å². The van der Waals surface area contributed by atoms with Gasteiger partial charge < -0.3 is 4.57 Å². The Hall–Kier alpha value is -1.34. The van der Waals surface area contributed by atoms with E-state index in [4.69, 9.17) is 0 Å². The van der Waals surface area contributed by atoms with Gasteiger partial charge in [0, 0.05) is 17.4 Å². The fourth-order valence-electron chi connectivity index (χ4n) is 3.19. The number of alkyl halides is 1. The number of nitrogens with zero attached hydrogens (tertiary/aromatic N) is 1. The van der Waals surface area contributed by atoms with Crippen LogP contribution in [0.1, 0.15) is 31.2 Å². The van der Waals surface area contributed by atoms with Crippen LogP contribution in [-0.2, 0) is 16.4 Å². The van der Waals surface area contributed by atoms with Crippen LogP contribution >= 0.6 is 22.6 Å². The fourth-order valence-corrected chi connectivity index (χ4v) is 5.23. The lowest BCUT2D eigenvalue weighted by molar-refractivity contribution is 0.549. The van der Waals surface area contributed by atoms with Gasteiger partial charge in [0.1, 0.15) is 5.03 Å². The van der Waals surface area contributed by atoms with Crippen LogP contribution in [0.5, 0.6) is 0 Å². The molecule has 0 bridgehead atoms. The molecule has 0 saturated carbocycles. The molecule has 0 aliphatic carbocycles. The van der Waals surface area contributed by atoms with Crippen LogP contribution in [0.25, 0.3) is 10.9 Å². The van der Waals surface area contributed by atoms with Gasteiger partial charge in [-0.25, -0.2) is 8.42 Å². The van der Waals surface area contributed by atoms with Gasteiger partial charge in [0.25, 0.3) is 0 Å². The molecule has 0 atom stereocenters. The molecule has 0 unspecified atom stereocenters. The third kappa shape index (κ3) is 4.14. The highest BCUT2D eigenvalue weighted by molar-refractivity contribution is 14.1. The summed E-state index contributed by atoms with van der Waals surface area (Å²) in [4.78, 5) is 0.358. The molecule has 0 aliphatic heterocycles. The van der Waals surface area contributed by atoms with Gasteiger partial charge in [-0.3, -0.25) is 0 Å². The average Bonchev–Trinajstić information content (AvgIpc) is 3.01. The number of para-hydroxylation sites is 1. The summed E-state index contributed by atoms with van der Waals surface area (Å²) in [6.45, 7) is 2.69. The largest absolute Gasteiger partial charge is 0.331 e. The van der Waals surface area contributed by atoms with Crippen LogP contribution < -0.4 is 0 Å². The SMILES string of the molecule is Cc1ccc(S(=O)(=O)c2cc3ccccc3n2CCCCCCI)cc1. The molecule has 0 N–H and O–H groups in total. The molecule has 26 heavy (non-hydrogen) atoms. The maximum Gasteiger partial charge on any atom is 0.222 e. The highest BCUT2D eigenvalue weighted by atomic mass is 127. The fraction of sp³-hybridized carbons (Fsp3) is 0.333. The maximum absolute atomic E-state index is 13.2. The highest BCUT2D eigenvalue weighted by Gasteiger charge is 2.23. The summed E-state index contributed by atoms with van der Waals surface area (Å²) in [7, 11) is -3.53. The van der Waals surface area contributed by atoms with Crippen LogP contribution in [-0.4, -0.2) is 17.4 Å². The Balaban J connectivity index is 1.98. The Morgan fingerprint density at radius 1 is 0.923 bits per heavy atom. The normalized spacial score (nSPS) is 11.9. The Labute approximate surface area is 169 Å². The second-order valence-corrected chi connectivity index (χ2v) is 9.59. The summed E-state index contributed by atoms with van der Waals surface area (Å²) in [5, 5.41) is 1.38. The Morgan fingerprint density at radius 2 is 1.62 bits per heavy atom. The predicted molar refractivity (Wildman–Crippen MR) is 116 cm³/mol. The number of halogens is 1. The second-order valence-electron chi connectivity index (χ2n) is 6.61. The minimum Gasteiger partial charge on any atom is -0.331 e. The number of unbranched alkanes of at least 4 members (excludes halogenated alkanes) is 3. The lowest BCUT2D eigenvalue weighted by atomic mass is 10.2. The summed E-state index contributed by atoms with van der Waals surface area (Å²) < 4.78 is 29.7. The summed E-state index contributed by atoms with van der Waals surface area (Å²) in [5.41, 5.74) is 2.05. The van der Waals surface area contributed by atoms with E-state index in [0.717, 1.165) is 35.9 Å². The second kappa shape index (κ2) is 8.57. The maximum atomic E-state index is 13.2. The minimum absolute atomic E-state index is 0.358. The molecule has 1 heterocycles. The quantitative estimate of drug-likeness (QED) is 0.233. The number of benzene rings is 2. The lowest BCUT2D eigenvalue weighted by Crippen LogP contribution is -2.10. The molecule has 0 radical (unpaired) electrons. The number of aromatic nitrogens is 1. The molecule has 0 fully saturated rings. The molecule has 2 aromatic carbocycles. The molecule has 0 spiro atoms. The van der Waals surface area contributed by atoms with Gasteiger partial charge in [0.2, 0.25) is 9.84 Å². The van der Waals surface area contributed by atoms with Crippen molar-refractivity contribution in [1.29, 1.82) is 0 Å². The third-order valence-electron chi connectivity index (χ3n) is 4.64. The van der Waals surface area contributed by atoms with Crippen LogP contribution in [0.3, 0.4) is 0 Å². The number of hydrogen-bond donors (Lipinski definition) is 0. The predicted octanol–water partition coefficient (Wildman–Crippen LogP) is 5.78. The van der Waals surface area contributed by atoms with Gasteiger partial charge in [0.05, 0.1) is 4.90 Å². The Bertz CT molecular complexity index is 975. The molecule has 1 aromatic heterocycles. The number of aryl methyl sites for hydroxylation is 2. The third-order valence-corrected chi connectivity index (χ3v) is 7.19. The van der Waals surface area contributed by atoms with E-state index in [0.29, 0.717) is 9.92 Å². The van der Waals surface area contributed by atoms with Crippen LogP contribution in [0.4, 0.5) is 0 Å². The van der Waals surface area contributed by atoms with Crippen molar-refractivity contribution in [2.45, 2.75) is 49.1 Å². The summed E-state index contributed by atoms with van der Waals surface area (Å²) in [6, 6.07) is 16.8. The summed E-state index contributed by atoms with van der Waals surface area (Å²) in [6.07, 6.45) is 4.54. The number of fused-ring (bicyclic) bond motifs is 1. The van der Waals surface area contributed by atoms with Crippen molar-refractivity contribution in [1.82, 2.24) is 4.57 Å². The zero-order chi connectivity index (χ0) is 18.6. The van der Waals surface area contributed by atoms with Gasteiger partial charge >= 0.3 is 0 Å². The topological polar surface area (TPSA) is 39.1 Å². The summed E-state index contributed by atoms with van der Waals surface area (Å²) >= 11 is 2.40. The van der Waals surface area contributed by atoms with E-state index in [-0.39, 0.29) is 0 Å². The van der Waals surface area contributed by atoms with Crippen molar-refractivity contribution in [3.05, 3.63) is 60.2 Å². The highest BCUT2D eigenvalue weighted by Crippen LogP contribution is 2.29. The van der Waals surface area contributed by atoms with Crippen molar-refractivity contribution < 1.29 is 8.42 Å². The Morgan fingerprint density at radius 3 is 2.35 bits per heavy atom. The van der Waals surface area contributed by atoms with Gasteiger partial charge in [-0.05, 0) is 48.5 Å². The van der Waals surface area contributed by atoms with E-state index >= 15 is 0 Å². The molecule has 3 aromatic rings. The van der Waals surface area contributed by atoms with Crippen molar-refractivity contribution in [3.8, 4) is 0 Å². The van der Waals surface area contributed by atoms with Crippen LogP contribution in [0.15, 0.2) is 64.5 Å². The smallest absolute Gasteiger partial charge is 0.222 e. The first kappa shape index (κ1) is 19.4. The molecular formula is C21H24INO2S. The van der Waals surface area contributed by atoms with Crippen molar-refractivity contribution in [3.63, 3.8) is 0 Å².